The summed E-state index contributed by atoms with van der Waals surface area (Å²) in [6.45, 7) is 17.9. The van der Waals surface area contributed by atoms with E-state index in [1.807, 2.05) is 0 Å². The average molecular weight is 436 g/mol. The molecule has 0 aliphatic heterocycles. The zero-order valence-corrected chi connectivity index (χ0v) is 22.7. The van der Waals surface area contributed by atoms with Crippen LogP contribution in [0.4, 0.5) is 0 Å². The number of fused-ring (bicyclic) bond motifs is 2. The molecule has 4 nitrogen and oxygen atoms in total. The van der Waals surface area contributed by atoms with E-state index in [0.29, 0.717) is 0 Å². The van der Waals surface area contributed by atoms with Crippen molar-refractivity contribution in [2.45, 2.75) is 89.6 Å². The van der Waals surface area contributed by atoms with Crippen molar-refractivity contribution in [3.63, 3.8) is 0 Å². The quantitative estimate of drug-likeness (QED) is 0.434. The predicted molar refractivity (Wildman–Crippen MR) is 126 cm³/mol. The number of hydrogen-bond donors (Lipinski definition) is 0. The zero-order chi connectivity index (χ0) is 20.7. The Bertz CT molecular complexity index is 575. The van der Waals surface area contributed by atoms with Crippen LogP contribution in [0.2, 0.25) is 64.0 Å². The van der Waals surface area contributed by atoms with Crippen molar-refractivity contribution in [2.24, 2.45) is 26.9 Å². The van der Waals surface area contributed by atoms with Crippen LogP contribution in [0.3, 0.4) is 0 Å². The van der Waals surface area contributed by atoms with Crippen LogP contribution in [0.5, 0.6) is 0 Å². The van der Waals surface area contributed by atoms with Gasteiger partial charge in [0.15, 0.2) is 0 Å². The van der Waals surface area contributed by atoms with E-state index < -0.39 is 33.6 Å². The molecule has 0 spiro atoms. The van der Waals surface area contributed by atoms with Crippen molar-refractivity contribution in [3.8, 4) is 0 Å². The molecule has 0 amide bonds. The van der Waals surface area contributed by atoms with Gasteiger partial charge in [-0.3, -0.25) is 0 Å². The van der Waals surface area contributed by atoms with Crippen LogP contribution >= 0.6 is 0 Å². The van der Waals surface area contributed by atoms with Gasteiger partial charge >= 0.3 is 174 Å². The van der Waals surface area contributed by atoms with Crippen LogP contribution in [0.1, 0.15) is 25.7 Å². The van der Waals surface area contributed by atoms with Crippen LogP contribution < -0.4 is 0 Å². The van der Waals surface area contributed by atoms with Gasteiger partial charge < -0.3 is 0 Å². The summed E-state index contributed by atoms with van der Waals surface area (Å²) < 4.78 is 21.2. The molecule has 10 heteroatoms. The molecule has 0 heterocycles. The van der Waals surface area contributed by atoms with Crippen LogP contribution in [0, 0.1) is 17.8 Å². The molecular weight excluding hydrogens is 398 g/mol. The Morgan fingerprint density at radius 3 is 1.89 bits per heavy atom. The first kappa shape index (κ1) is 23.8. The van der Waals surface area contributed by atoms with Gasteiger partial charge in [0.1, 0.15) is 0 Å². The third-order valence-corrected chi connectivity index (χ3v) is 20.1. The van der Waals surface area contributed by atoms with Gasteiger partial charge in [0.05, 0.1) is 0 Å². The monoisotopic (exact) mass is 436 g/mol. The first-order valence-corrected chi connectivity index (χ1v) is 22.3. The van der Waals surface area contributed by atoms with Gasteiger partial charge in [0, 0.05) is 0 Å². The average Bonchev–Trinajstić information content (AvgIpc) is 3.12. The third kappa shape index (κ3) is 6.25. The van der Waals surface area contributed by atoms with Gasteiger partial charge in [-0.1, -0.05) is 0 Å². The third-order valence-electron chi connectivity index (χ3n) is 6.62. The summed E-state index contributed by atoms with van der Waals surface area (Å²) in [4.78, 5) is 0. The molecule has 2 saturated carbocycles. The summed E-state index contributed by atoms with van der Waals surface area (Å²) in [5.74, 6) is 2.56. The second kappa shape index (κ2) is 8.33. The van der Waals surface area contributed by atoms with Crippen LogP contribution in [-0.4, -0.2) is 48.9 Å². The van der Waals surface area contributed by atoms with E-state index in [4.69, 9.17) is 23.5 Å². The fourth-order valence-electron chi connectivity index (χ4n) is 5.66. The molecule has 150 valence electrons. The minimum absolute atomic E-state index is 0.755. The molecule has 2 fully saturated rings. The minimum atomic E-state index is -2.08. The van der Waals surface area contributed by atoms with E-state index in [2.05, 4.69) is 61.5 Å². The molecule has 0 saturated heterocycles. The Morgan fingerprint density at radius 1 is 0.815 bits per heavy atom. The molecule has 0 N–H and O–H groups in total. The van der Waals surface area contributed by atoms with Gasteiger partial charge in [0.2, 0.25) is 0 Å². The fraction of sp³-hybridized carbons (Fsp3) is 1.00. The normalized spacial score (nSPS) is 29.1. The molecule has 0 aromatic carbocycles. The summed E-state index contributed by atoms with van der Waals surface area (Å²) >= 11 is 0. The Morgan fingerprint density at radius 2 is 1.37 bits per heavy atom. The molecule has 2 radical (unpaired) electrons. The van der Waals surface area contributed by atoms with Crippen LogP contribution in [0.25, 0.3) is 0 Å². The Labute approximate surface area is 173 Å². The van der Waals surface area contributed by atoms with Crippen molar-refractivity contribution < 1.29 is 8.23 Å². The number of nitrogens with zero attached hydrogens (tertiary/aromatic N) is 2. The van der Waals surface area contributed by atoms with Crippen molar-refractivity contribution in [1.82, 2.24) is 0 Å². The molecule has 2 aliphatic rings. The topological polar surface area (TPSA) is 43.2 Å². The van der Waals surface area contributed by atoms with E-state index in [9.17, 15) is 0 Å². The van der Waals surface area contributed by atoms with E-state index >= 15 is 0 Å². The van der Waals surface area contributed by atoms with Crippen LogP contribution in [0.15, 0.2) is 9.12 Å². The Balaban J connectivity index is 1.99. The van der Waals surface area contributed by atoms with E-state index in [1.165, 1.54) is 31.7 Å². The molecule has 2 bridgehead atoms. The van der Waals surface area contributed by atoms with Crippen molar-refractivity contribution in [2.75, 3.05) is 0 Å². The SMILES string of the molecule is [B]=N[Si](C)(C)O[Si](C)(C)CCC1CC2CC1C([Si](C)(C)O[Si](C)(C)N=[B])C2. The maximum absolute atomic E-state index is 6.63. The maximum atomic E-state index is 6.63. The van der Waals surface area contributed by atoms with Crippen molar-refractivity contribution in [3.05, 3.63) is 0 Å². The second-order valence-corrected chi connectivity index (χ2v) is 26.8. The number of rotatable bonds is 10. The first-order valence-electron chi connectivity index (χ1n) is 10.4. The molecule has 2 rings (SSSR count). The van der Waals surface area contributed by atoms with Crippen molar-refractivity contribution >= 4 is 48.9 Å². The second-order valence-electron chi connectivity index (χ2n) is 10.9. The molecule has 0 aromatic heterocycles. The Hall–Kier alpha value is 0.517. The van der Waals surface area contributed by atoms with E-state index in [0.717, 1.165) is 23.3 Å². The molecule has 4 atom stereocenters. The molecule has 2 aliphatic carbocycles. The van der Waals surface area contributed by atoms with E-state index in [1.54, 1.807) is 0 Å². The standard InChI is InChI=1S/C17H38B2N2O2Si4/c1-24(2,22-26(5,6)20-18)10-9-15-11-14-12-16(15)17(13-14)25(3,4)23-27(7,8)21-19/h14-17H,9-13H2,1-8H3. The molecule has 0 aromatic rings. The number of hydrogen-bond acceptors (Lipinski definition) is 4. The van der Waals surface area contributed by atoms with Gasteiger partial charge in [-0.2, -0.15) is 0 Å². The van der Waals surface area contributed by atoms with Crippen molar-refractivity contribution in [1.29, 1.82) is 0 Å². The summed E-state index contributed by atoms with van der Waals surface area (Å²) in [6.07, 6.45) is 5.45. The molecule has 27 heavy (non-hydrogen) atoms. The zero-order valence-electron chi connectivity index (χ0n) is 18.7. The van der Waals surface area contributed by atoms with Gasteiger partial charge in [-0.15, -0.1) is 0 Å². The molecular formula is C17H38B2N2O2Si4. The van der Waals surface area contributed by atoms with Gasteiger partial charge in [-0.05, 0) is 0 Å². The first-order chi connectivity index (χ1) is 12.2. The summed E-state index contributed by atoms with van der Waals surface area (Å²) in [6, 6.07) is 1.21. The summed E-state index contributed by atoms with van der Waals surface area (Å²) in [7, 11) is 3.56. The van der Waals surface area contributed by atoms with E-state index in [-0.39, 0.29) is 0 Å². The Kier molecular flexibility index (Phi) is 7.34. The van der Waals surface area contributed by atoms with Crippen LogP contribution in [-0.2, 0) is 8.23 Å². The fourth-order valence-corrected chi connectivity index (χ4v) is 21.1. The summed E-state index contributed by atoms with van der Waals surface area (Å²) in [5.41, 5.74) is 0.755. The molecule has 4 unspecified atom stereocenters. The van der Waals surface area contributed by atoms with Gasteiger partial charge in [0.25, 0.3) is 0 Å². The summed E-state index contributed by atoms with van der Waals surface area (Å²) in [5, 5.41) is 0. The van der Waals surface area contributed by atoms with Gasteiger partial charge in [-0.25, -0.2) is 0 Å². The predicted octanol–water partition coefficient (Wildman–Crippen LogP) is 5.34.